The van der Waals surface area contributed by atoms with E-state index in [0.29, 0.717) is 29.4 Å². The molecule has 118 valence electrons. The minimum absolute atomic E-state index is 0.313. The summed E-state index contributed by atoms with van der Waals surface area (Å²) in [5, 5.41) is 0. The van der Waals surface area contributed by atoms with Gasteiger partial charge < -0.3 is 19.2 Å². The summed E-state index contributed by atoms with van der Waals surface area (Å²) in [6, 6.07) is 10.3. The standard InChI is InChI=1S/C17H16N2O4/c1-3-22-14-5-4-6-15(16(14)21-2)23-17(20)11-7-8-12-13(9-11)19-10-18-12/h4-10H,3H2,1-2H3,(H,18,19). The smallest absolute Gasteiger partial charge is 0.343 e. The predicted octanol–water partition coefficient (Wildman–Crippen LogP) is 3.19. The second kappa shape index (κ2) is 6.39. The summed E-state index contributed by atoms with van der Waals surface area (Å²) in [4.78, 5) is 19.4. The number of nitrogens with one attached hydrogen (secondary N) is 1. The minimum atomic E-state index is -0.478. The van der Waals surface area contributed by atoms with Crippen LogP contribution in [0.4, 0.5) is 0 Å². The van der Waals surface area contributed by atoms with E-state index in [2.05, 4.69) is 9.97 Å². The zero-order chi connectivity index (χ0) is 16.2. The number of carbonyl (C=O) groups is 1. The van der Waals surface area contributed by atoms with Gasteiger partial charge in [0.25, 0.3) is 0 Å². The number of methoxy groups -OCH3 is 1. The summed E-state index contributed by atoms with van der Waals surface area (Å²) in [6.45, 7) is 2.36. The Bertz CT molecular complexity index is 841. The molecule has 0 aliphatic rings. The van der Waals surface area contributed by atoms with Crippen molar-refractivity contribution in [2.45, 2.75) is 6.92 Å². The molecule has 0 aliphatic carbocycles. The molecule has 1 aromatic heterocycles. The van der Waals surface area contributed by atoms with Gasteiger partial charge in [0.1, 0.15) is 0 Å². The van der Waals surface area contributed by atoms with Crippen LogP contribution in [-0.4, -0.2) is 29.7 Å². The van der Waals surface area contributed by atoms with Crippen molar-refractivity contribution in [3.63, 3.8) is 0 Å². The fourth-order valence-corrected chi connectivity index (χ4v) is 2.27. The fourth-order valence-electron chi connectivity index (χ4n) is 2.27. The van der Waals surface area contributed by atoms with Gasteiger partial charge in [0, 0.05) is 0 Å². The lowest BCUT2D eigenvalue weighted by atomic mass is 10.2. The number of aromatic nitrogens is 2. The van der Waals surface area contributed by atoms with E-state index in [4.69, 9.17) is 14.2 Å². The number of benzene rings is 2. The van der Waals surface area contributed by atoms with E-state index in [9.17, 15) is 4.79 Å². The Morgan fingerprint density at radius 3 is 2.83 bits per heavy atom. The average molecular weight is 312 g/mol. The fraction of sp³-hybridized carbons (Fsp3) is 0.176. The van der Waals surface area contributed by atoms with E-state index in [1.165, 1.54) is 7.11 Å². The van der Waals surface area contributed by atoms with E-state index < -0.39 is 5.97 Å². The highest BCUT2D eigenvalue weighted by Crippen LogP contribution is 2.37. The summed E-state index contributed by atoms with van der Waals surface area (Å²) in [5.74, 6) is 0.760. The quantitative estimate of drug-likeness (QED) is 0.578. The first-order valence-electron chi connectivity index (χ1n) is 7.18. The Kier molecular flexibility index (Phi) is 4.14. The summed E-state index contributed by atoms with van der Waals surface area (Å²) in [7, 11) is 1.51. The van der Waals surface area contributed by atoms with Gasteiger partial charge in [0.05, 0.1) is 36.6 Å². The van der Waals surface area contributed by atoms with E-state index >= 15 is 0 Å². The molecule has 1 heterocycles. The molecule has 0 atom stereocenters. The van der Waals surface area contributed by atoms with Crippen LogP contribution in [0.1, 0.15) is 17.3 Å². The van der Waals surface area contributed by atoms with E-state index in [1.54, 1.807) is 42.7 Å². The monoisotopic (exact) mass is 312 g/mol. The molecule has 0 fully saturated rings. The third-order valence-corrected chi connectivity index (χ3v) is 3.31. The maximum atomic E-state index is 12.4. The molecular formula is C17H16N2O4. The second-order valence-electron chi connectivity index (χ2n) is 4.74. The molecule has 0 spiro atoms. The summed E-state index contributed by atoms with van der Waals surface area (Å²) in [6.07, 6.45) is 1.58. The van der Waals surface area contributed by atoms with Gasteiger partial charge in [-0.1, -0.05) is 6.07 Å². The highest BCUT2D eigenvalue weighted by molar-refractivity contribution is 5.95. The third-order valence-electron chi connectivity index (χ3n) is 3.31. The van der Waals surface area contributed by atoms with Gasteiger partial charge in [-0.05, 0) is 37.3 Å². The van der Waals surface area contributed by atoms with E-state index in [0.717, 1.165) is 11.0 Å². The Hall–Kier alpha value is -3.02. The molecular weight excluding hydrogens is 296 g/mol. The van der Waals surface area contributed by atoms with Crippen molar-refractivity contribution >= 4 is 17.0 Å². The summed E-state index contributed by atoms with van der Waals surface area (Å²) in [5.41, 5.74) is 1.98. The van der Waals surface area contributed by atoms with Crippen LogP contribution in [0.2, 0.25) is 0 Å². The molecule has 0 amide bonds. The lowest BCUT2D eigenvalue weighted by Crippen LogP contribution is -2.09. The Morgan fingerprint density at radius 1 is 1.22 bits per heavy atom. The number of ether oxygens (including phenoxy) is 3. The number of H-pyrrole nitrogens is 1. The molecule has 6 heteroatoms. The van der Waals surface area contributed by atoms with Crippen LogP contribution < -0.4 is 14.2 Å². The van der Waals surface area contributed by atoms with Crippen molar-refractivity contribution in [3.8, 4) is 17.2 Å². The molecule has 6 nitrogen and oxygen atoms in total. The third kappa shape index (κ3) is 2.96. The summed E-state index contributed by atoms with van der Waals surface area (Å²) < 4.78 is 16.2. The molecule has 23 heavy (non-hydrogen) atoms. The van der Waals surface area contributed by atoms with Gasteiger partial charge in [-0.3, -0.25) is 0 Å². The number of fused-ring (bicyclic) bond motifs is 1. The molecule has 0 saturated carbocycles. The molecule has 0 saturated heterocycles. The van der Waals surface area contributed by atoms with E-state index in [-0.39, 0.29) is 0 Å². The van der Waals surface area contributed by atoms with Crippen LogP contribution in [0.25, 0.3) is 11.0 Å². The average Bonchev–Trinajstić information content (AvgIpc) is 3.03. The SMILES string of the molecule is CCOc1cccc(OC(=O)c2ccc3nc[nH]c3c2)c1OC. The molecule has 3 rings (SSSR count). The number of hydrogen-bond acceptors (Lipinski definition) is 5. The van der Waals surface area contributed by atoms with Gasteiger partial charge in [-0.15, -0.1) is 0 Å². The largest absolute Gasteiger partial charge is 0.490 e. The maximum Gasteiger partial charge on any atom is 0.343 e. The zero-order valence-electron chi connectivity index (χ0n) is 12.8. The molecule has 3 aromatic rings. The van der Waals surface area contributed by atoms with Crippen molar-refractivity contribution in [1.82, 2.24) is 9.97 Å². The lowest BCUT2D eigenvalue weighted by Gasteiger charge is -2.13. The highest BCUT2D eigenvalue weighted by Gasteiger charge is 2.16. The number of aromatic amines is 1. The van der Waals surface area contributed by atoms with Crippen molar-refractivity contribution in [2.75, 3.05) is 13.7 Å². The number of rotatable bonds is 5. The van der Waals surface area contributed by atoms with Crippen molar-refractivity contribution in [2.24, 2.45) is 0 Å². The van der Waals surface area contributed by atoms with Gasteiger partial charge in [-0.25, -0.2) is 9.78 Å². The van der Waals surface area contributed by atoms with Gasteiger partial charge in [0.15, 0.2) is 11.5 Å². The number of imidazole rings is 1. The first kappa shape index (κ1) is 14.9. The van der Waals surface area contributed by atoms with Crippen molar-refractivity contribution < 1.29 is 19.0 Å². The van der Waals surface area contributed by atoms with Crippen LogP contribution in [0, 0.1) is 0 Å². The molecule has 0 bridgehead atoms. The van der Waals surface area contributed by atoms with Gasteiger partial charge in [-0.2, -0.15) is 0 Å². The molecule has 0 radical (unpaired) electrons. The molecule has 2 aromatic carbocycles. The van der Waals surface area contributed by atoms with Crippen LogP contribution >= 0.6 is 0 Å². The number of para-hydroxylation sites is 1. The predicted molar refractivity (Wildman–Crippen MR) is 85.2 cm³/mol. The first-order chi connectivity index (χ1) is 11.2. The normalized spacial score (nSPS) is 10.5. The van der Waals surface area contributed by atoms with Crippen LogP contribution in [-0.2, 0) is 0 Å². The number of carbonyl (C=O) groups excluding carboxylic acids is 1. The Morgan fingerprint density at radius 2 is 2.04 bits per heavy atom. The topological polar surface area (TPSA) is 73.4 Å². The Labute approximate surface area is 133 Å². The van der Waals surface area contributed by atoms with Gasteiger partial charge >= 0.3 is 5.97 Å². The maximum absolute atomic E-state index is 12.4. The second-order valence-corrected chi connectivity index (χ2v) is 4.74. The van der Waals surface area contributed by atoms with Gasteiger partial charge in [0.2, 0.25) is 5.75 Å². The summed E-state index contributed by atoms with van der Waals surface area (Å²) >= 11 is 0. The van der Waals surface area contributed by atoms with Crippen LogP contribution in [0.15, 0.2) is 42.7 Å². The Balaban J connectivity index is 1.88. The van der Waals surface area contributed by atoms with Crippen molar-refractivity contribution in [3.05, 3.63) is 48.3 Å². The minimum Gasteiger partial charge on any atom is -0.490 e. The molecule has 0 unspecified atom stereocenters. The lowest BCUT2D eigenvalue weighted by molar-refractivity contribution is 0.0729. The zero-order valence-corrected chi connectivity index (χ0v) is 12.8. The number of nitrogens with zero attached hydrogens (tertiary/aromatic N) is 1. The first-order valence-corrected chi connectivity index (χ1v) is 7.18. The van der Waals surface area contributed by atoms with Crippen LogP contribution in [0.3, 0.4) is 0 Å². The number of esters is 1. The van der Waals surface area contributed by atoms with Crippen molar-refractivity contribution in [1.29, 1.82) is 0 Å². The molecule has 1 N–H and O–H groups in total. The highest BCUT2D eigenvalue weighted by atomic mass is 16.6. The van der Waals surface area contributed by atoms with E-state index in [1.807, 2.05) is 6.92 Å². The van der Waals surface area contributed by atoms with Crippen LogP contribution in [0.5, 0.6) is 17.2 Å². The number of hydrogen-bond donors (Lipinski definition) is 1. The molecule has 0 aliphatic heterocycles.